The highest BCUT2D eigenvalue weighted by Crippen LogP contribution is 2.29. The fourth-order valence-electron chi connectivity index (χ4n) is 3.13. The minimum Gasteiger partial charge on any atom is -0.333 e. The molecule has 0 radical (unpaired) electrons. The summed E-state index contributed by atoms with van der Waals surface area (Å²) in [5, 5.41) is 0. The Hall–Kier alpha value is -3.07. The summed E-state index contributed by atoms with van der Waals surface area (Å²) in [4.78, 5) is 4.15. The molecule has 0 bridgehead atoms. The molecule has 4 rings (SSSR count). The average Bonchev–Trinajstić information content (AvgIpc) is 3.25. The molecule has 3 heteroatoms. The highest BCUT2D eigenvalue weighted by Gasteiger charge is 2.14. The summed E-state index contributed by atoms with van der Waals surface area (Å²) in [6, 6.07) is 23.4. The van der Waals surface area contributed by atoms with Crippen molar-refractivity contribution in [3.8, 4) is 16.9 Å². The van der Waals surface area contributed by atoms with Crippen molar-refractivity contribution in [2.24, 2.45) is 0 Å². The molecule has 0 atom stereocenters. The molecule has 0 saturated carbocycles. The second-order valence-electron chi connectivity index (χ2n) is 5.91. The monoisotopic (exact) mass is 313 g/mol. The summed E-state index contributed by atoms with van der Waals surface area (Å²) >= 11 is 0. The second-order valence-corrected chi connectivity index (χ2v) is 5.91. The van der Waals surface area contributed by atoms with Crippen LogP contribution in [0.3, 0.4) is 0 Å². The van der Waals surface area contributed by atoms with E-state index in [1.165, 1.54) is 28.2 Å². The fourth-order valence-corrected chi connectivity index (χ4v) is 3.13. The molecule has 24 heavy (non-hydrogen) atoms. The largest absolute Gasteiger partial charge is 0.333 e. The van der Waals surface area contributed by atoms with Gasteiger partial charge < -0.3 is 9.13 Å². The van der Waals surface area contributed by atoms with E-state index < -0.39 is 0 Å². The van der Waals surface area contributed by atoms with Crippen molar-refractivity contribution < 1.29 is 0 Å². The molecule has 2 heterocycles. The van der Waals surface area contributed by atoms with Crippen LogP contribution >= 0.6 is 0 Å². The Morgan fingerprint density at radius 3 is 2.29 bits per heavy atom. The van der Waals surface area contributed by atoms with Crippen LogP contribution in [-0.2, 0) is 6.54 Å². The molecule has 0 spiro atoms. The first-order valence-electron chi connectivity index (χ1n) is 8.11. The second kappa shape index (κ2) is 6.20. The lowest BCUT2D eigenvalue weighted by molar-refractivity contribution is 0.788. The Kier molecular flexibility index (Phi) is 3.75. The third kappa shape index (κ3) is 2.65. The Morgan fingerprint density at radius 2 is 1.62 bits per heavy atom. The van der Waals surface area contributed by atoms with E-state index in [2.05, 4.69) is 87.8 Å². The smallest absolute Gasteiger partial charge is 0.0949 e. The number of hydrogen-bond donors (Lipinski definition) is 0. The van der Waals surface area contributed by atoms with Crippen LogP contribution in [0.4, 0.5) is 0 Å². The average molecular weight is 313 g/mol. The molecule has 0 aliphatic rings. The Labute approximate surface area is 141 Å². The predicted octanol–water partition coefficient (Wildman–Crippen LogP) is 4.70. The molecule has 0 unspecified atom stereocenters. The number of benzene rings is 2. The minimum absolute atomic E-state index is 0.825. The Balaban J connectivity index is 1.88. The molecular formula is C21H19N3. The van der Waals surface area contributed by atoms with E-state index in [9.17, 15) is 0 Å². The molecule has 4 aromatic rings. The van der Waals surface area contributed by atoms with Gasteiger partial charge in [-0.1, -0.05) is 48.5 Å². The third-order valence-corrected chi connectivity index (χ3v) is 4.35. The number of rotatable bonds is 4. The van der Waals surface area contributed by atoms with Crippen LogP contribution in [0.25, 0.3) is 16.9 Å². The highest BCUT2D eigenvalue weighted by molar-refractivity contribution is 5.65. The summed E-state index contributed by atoms with van der Waals surface area (Å²) in [6.45, 7) is 3.01. The van der Waals surface area contributed by atoms with E-state index in [1.54, 1.807) is 0 Å². The van der Waals surface area contributed by atoms with Crippen LogP contribution in [0.5, 0.6) is 0 Å². The van der Waals surface area contributed by atoms with E-state index >= 15 is 0 Å². The number of aromatic nitrogens is 3. The molecule has 2 aromatic heterocycles. The zero-order valence-corrected chi connectivity index (χ0v) is 13.6. The first-order valence-corrected chi connectivity index (χ1v) is 8.11. The number of hydrogen-bond acceptors (Lipinski definition) is 1. The molecule has 2 aromatic carbocycles. The molecule has 0 saturated heterocycles. The maximum absolute atomic E-state index is 4.15. The summed E-state index contributed by atoms with van der Waals surface area (Å²) in [6.07, 6.45) is 5.69. The SMILES string of the molecule is Cc1c(Cn2ccnc2)cc(-c2ccccc2)n1-c1ccccc1. The maximum Gasteiger partial charge on any atom is 0.0949 e. The Bertz CT molecular complexity index is 920. The molecule has 118 valence electrons. The minimum atomic E-state index is 0.825. The number of para-hydroxylation sites is 1. The molecule has 0 N–H and O–H groups in total. The van der Waals surface area contributed by atoms with Crippen LogP contribution in [0.2, 0.25) is 0 Å². The van der Waals surface area contributed by atoms with Crippen molar-refractivity contribution in [3.63, 3.8) is 0 Å². The first-order chi connectivity index (χ1) is 11.8. The predicted molar refractivity (Wildman–Crippen MR) is 97.3 cm³/mol. The van der Waals surface area contributed by atoms with E-state index in [0.717, 1.165) is 6.54 Å². The van der Waals surface area contributed by atoms with Crippen molar-refractivity contribution in [2.75, 3.05) is 0 Å². The van der Waals surface area contributed by atoms with Crippen LogP contribution in [-0.4, -0.2) is 14.1 Å². The maximum atomic E-state index is 4.15. The molecule has 0 amide bonds. The van der Waals surface area contributed by atoms with Crippen LogP contribution in [0, 0.1) is 6.92 Å². The molecular weight excluding hydrogens is 294 g/mol. The van der Waals surface area contributed by atoms with E-state index in [0.29, 0.717) is 0 Å². The van der Waals surface area contributed by atoms with Crippen molar-refractivity contribution in [1.29, 1.82) is 0 Å². The summed E-state index contributed by atoms with van der Waals surface area (Å²) in [5.41, 5.74) is 6.19. The molecule has 3 nitrogen and oxygen atoms in total. The zero-order chi connectivity index (χ0) is 16.4. The van der Waals surface area contributed by atoms with E-state index in [1.807, 2.05) is 18.7 Å². The van der Waals surface area contributed by atoms with Gasteiger partial charge in [-0.2, -0.15) is 0 Å². The molecule has 0 aliphatic carbocycles. The van der Waals surface area contributed by atoms with Gasteiger partial charge in [0.25, 0.3) is 0 Å². The van der Waals surface area contributed by atoms with Crippen molar-refractivity contribution in [1.82, 2.24) is 14.1 Å². The van der Waals surface area contributed by atoms with Crippen LogP contribution in [0.1, 0.15) is 11.3 Å². The molecule has 0 fully saturated rings. The summed E-state index contributed by atoms with van der Waals surface area (Å²) in [5.74, 6) is 0. The third-order valence-electron chi connectivity index (χ3n) is 4.35. The van der Waals surface area contributed by atoms with Crippen molar-refractivity contribution in [3.05, 3.63) is 96.7 Å². The lowest BCUT2D eigenvalue weighted by Gasteiger charge is -2.12. The Morgan fingerprint density at radius 1 is 0.917 bits per heavy atom. The lowest BCUT2D eigenvalue weighted by Crippen LogP contribution is -2.01. The van der Waals surface area contributed by atoms with Crippen LogP contribution in [0.15, 0.2) is 85.5 Å². The fraction of sp³-hybridized carbons (Fsp3) is 0.0952. The van der Waals surface area contributed by atoms with E-state index in [-0.39, 0.29) is 0 Å². The highest BCUT2D eigenvalue weighted by atomic mass is 15.0. The zero-order valence-electron chi connectivity index (χ0n) is 13.6. The van der Waals surface area contributed by atoms with Gasteiger partial charge in [-0.05, 0) is 36.2 Å². The van der Waals surface area contributed by atoms with Gasteiger partial charge in [0.1, 0.15) is 0 Å². The number of imidazole rings is 1. The van der Waals surface area contributed by atoms with Gasteiger partial charge in [-0.25, -0.2) is 4.98 Å². The normalized spacial score (nSPS) is 10.9. The summed E-state index contributed by atoms with van der Waals surface area (Å²) < 4.78 is 4.44. The standard InChI is InChI=1S/C21H19N3/c1-17-19(15-23-13-12-22-16-23)14-21(18-8-4-2-5-9-18)24(17)20-10-6-3-7-11-20/h2-14,16H,15H2,1H3. The van der Waals surface area contributed by atoms with Crippen molar-refractivity contribution in [2.45, 2.75) is 13.5 Å². The van der Waals surface area contributed by atoms with Gasteiger partial charge in [-0.3, -0.25) is 0 Å². The van der Waals surface area contributed by atoms with E-state index in [4.69, 9.17) is 0 Å². The quantitative estimate of drug-likeness (QED) is 0.535. The van der Waals surface area contributed by atoms with Crippen molar-refractivity contribution >= 4 is 0 Å². The first kappa shape index (κ1) is 14.5. The van der Waals surface area contributed by atoms with Gasteiger partial charge in [0.15, 0.2) is 0 Å². The molecule has 0 aliphatic heterocycles. The van der Waals surface area contributed by atoms with Gasteiger partial charge in [0.05, 0.1) is 18.6 Å². The van der Waals surface area contributed by atoms with Gasteiger partial charge in [0.2, 0.25) is 0 Å². The lowest BCUT2D eigenvalue weighted by atomic mass is 10.1. The van der Waals surface area contributed by atoms with Gasteiger partial charge in [-0.15, -0.1) is 0 Å². The van der Waals surface area contributed by atoms with Crippen LogP contribution < -0.4 is 0 Å². The van der Waals surface area contributed by atoms with Gasteiger partial charge >= 0.3 is 0 Å². The summed E-state index contributed by atoms with van der Waals surface area (Å²) in [7, 11) is 0. The van der Waals surface area contributed by atoms with Gasteiger partial charge in [0, 0.05) is 23.8 Å². The topological polar surface area (TPSA) is 22.8 Å². The number of nitrogens with zero attached hydrogens (tertiary/aromatic N) is 3.